The molecule has 2 aliphatic rings. The predicted octanol–water partition coefficient (Wildman–Crippen LogP) is 1.87. The number of nitrogens with zero attached hydrogens (tertiary/aromatic N) is 1. The molecule has 0 spiro atoms. The molecule has 2 aliphatic heterocycles. The Labute approximate surface area is 141 Å². The van der Waals surface area contributed by atoms with Crippen molar-refractivity contribution < 1.29 is 17.9 Å². The van der Waals surface area contributed by atoms with Gasteiger partial charge in [0, 0.05) is 31.3 Å². The van der Waals surface area contributed by atoms with Gasteiger partial charge in [-0.1, -0.05) is 18.5 Å². The van der Waals surface area contributed by atoms with Crippen molar-refractivity contribution in [3.8, 4) is 11.5 Å². The third kappa shape index (κ3) is 3.28. The van der Waals surface area contributed by atoms with Crippen LogP contribution in [-0.4, -0.2) is 51.6 Å². The van der Waals surface area contributed by atoms with Crippen LogP contribution in [0.1, 0.15) is 19.8 Å². The lowest BCUT2D eigenvalue weighted by atomic mass is 10.2. The second kappa shape index (κ2) is 6.84. The lowest BCUT2D eigenvalue weighted by Crippen LogP contribution is -2.42. The molecule has 0 bridgehead atoms. The van der Waals surface area contributed by atoms with Crippen LogP contribution in [0.15, 0.2) is 17.0 Å². The zero-order valence-electron chi connectivity index (χ0n) is 13.0. The van der Waals surface area contributed by atoms with Crippen molar-refractivity contribution >= 4 is 21.6 Å². The number of benzene rings is 1. The first-order chi connectivity index (χ1) is 11.0. The molecule has 0 radical (unpaired) electrons. The smallest absolute Gasteiger partial charge is 0.244 e. The van der Waals surface area contributed by atoms with Crippen LogP contribution in [0.4, 0.5) is 0 Å². The zero-order valence-corrected chi connectivity index (χ0v) is 14.6. The number of halogens is 1. The minimum Gasteiger partial charge on any atom is -0.486 e. The molecule has 1 aromatic carbocycles. The van der Waals surface area contributed by atoms with Gasteiger partial charge in [-0.3, -0.25) is 0 Å². The molecule has 3 rings (SSSR count). The summed E-state index contributed by atoms with van der Waals surface area (Å²) in [6.45, 7) is 4.77. The Morgan fingerprint density at radius 2 is 2.00 bits per heavy atom. The summed E-state index contributed by atoms with van der Waals surface area (Å²) in [5, 5.41) is 3.38. The van der Waals surface area contributed by atoms with Crippen molar-refractivity contribution in [1.82, 2.24) is 9.62 Å². The second-order valence-corrected chi connectivity index (χ2v) is 7.95. The topological polar surface area (TPSA) is 67.9 Å². The van der Waals surface area contributed by atoms with E-state index in [0.29, 0.717) is 37.8 Å². The highest BCUT2D eigenvalue weighted by molar-refractivity contribution is 7.89. The molecule has 1 aromatic rings. The van der Waals surface area contributed by atoms with Gasteiger partial charge >= 0.3 is 0 Å². The summed E-state index contributed by atoms with van der Waals surface area (Å²) in [7, 11) is -3.68. The highest BCUT2D eigenvalue weighted by atomic mass is 35.5. The first kappa shape index (κ1) is 16.8. The van der Waals surface area contributed by atoms with E-state index >= 15 is 0 Å². The average Bonchev–Trinajstić information content (AvgIpc) is 3.05. The first-order valence-electron chi connectivity index (χ1n) is 7.85. The fourth-order valence-corrected chi connectivity index (χ4v) is 5.23. The van der Waals surface area contributed by atoms with Gasteiger partial charge in [0.2, 0.25) is 10.0 Å². The molecule has 0 amide bonds. The Morgan fingerprint density at radius 1 is 1.30 bits per heavy atom. The molecule has 1 saturated heterocycles. The molecule has 6 nitrogen and oxygen atoms in total. The van der Waals surface area contributed by atoms with Crippen LogP contribution in [0.5, 0.6) is 11.5 Å². The molecule has 128 valence electrons. The molecule has 2 heterocycles. The number of rotatable bonds is 5. The molecule has 0 aromatic heterocycles. The summed E-state index contributed by atoms with van der Waals surface area (Å²) in [6.07, 6.45) is 1.55. The van der Waals surface area contributed by atoms with Crippen molar-refractivity contribution in [2.75, 3.05) is 32.8 Å². The summed E-state index contributed by atoms with van der Waals surface area (Å²) in [5.74, 6) is 0.921. The SMILES string of the molecule is CCCN(C1CCNC1)S(=O)(=O)c1cc2c(cc1Cl)OCCO2. The number of hydrogen-bond acceptors (Lipinski definition) is 5. The number of ether oxygens (including phenoxy) is 2. The van der Waals surface area contributed by atoms with E-state index in [1.807, 2.05) is 6.92 Å². The average molecular weight is 361 g/mol. The molecule has 0 aliphatic carbocycles. The van der Waals surface area contributed by atoms with E-state index in [1.54, 1.807) is 4.31 Å². The maximum Gasteiger partial charge on any atom is 0.244 e. The molecule has 1 unspecified atom stereocenters. The van der Waals surface area contributed by atoms with Crippen LogP contribution in [0.25, 0.3) is 0 Å². The molecule has 0 saturated carbocycles. The Balaban J connectivity index is 2.00. The second-order valence-electron chi connectivity index (χ2n) is 5.69. The van der Waals surface area contributed by atoms with Crippen LogP contribution in [0, 0.1) is 0 Å². The lowest BCUT2D eigenvalue weighted by Gasteiger charge is -2.28. The Kier molecular flexibility index (Phi) is 5.01. The lowest BCUT2D eigenvalue weighted by molar-refractivity contribution is 0.171. The number of fused-ring (bicyclic) bond motifs is 1. The van der Waals surface area contributed by atoms with E-state index in [9.17, 15) is 8.42 Å². The van der Waals surface area contributed by atoms with E-state index < -0.39 is 10.0 Å². The normalized spacial score (nSPS) is 20.9. The van der Waals surface area contributed by atoms with Gasteiger partial charge in [-0.2, -0.15) is 4.31 Å². The van der Waals surface area contributed by atoms with Crippen LogP contribution in [0.3, 0.4) is 0 Å². The van der Waals surface area contributed by atoms with Crippen molar-refractivity contribution in [2.24, 2.45) is 0 Å². The Hall–Kier alpha value is -1.02. The molecule has 23 heavy (non-hydrogen) atoms. The number of sulfonamides is 1. The van der Waals surface area contributed by atoms with Crippen molar-refractivity contribution in [3.05, 3.63) is 17.2 Å². The zero-order chi connectivity index (χ0) is 16.4. The van der Waals surface area contributed by atoms with Gasteiger partial charge in [0.05, 0.1) is 5.02 Å². The van der Waals surface area contributed by atoms with Gasteiger partial charge in [0.1, 0.15) is 18.1 Å². The summed E-state index contributed by atoms with van der Waals surface area (Å²) >= 11 is 6.24. The number of nitrogens with one attached hydrogen (secondary N) is 1. The third-order valence-corrected chi connectivity index (χ3v) is 6.49. The largest absolute Gasteiger partial charge is 0.486 e. The van der Waals surface area contributed by atoms with Crippen LogP contribution >= 0.6 is 11.6 Å². The summed E-state index contributed by atoms with van der Waals surface area (Å²) in [4.78, 5) is 0.0868. The summed E-state index contributed by atoms with van der Waals surface area (Å²) < 4.78 is 38.8. The highest BCUT2D eigenvalue weighted by Gasteiger charge is 2.35. The van der Waals surface area contributed by atoms with E-state index in [-0.39, 0.29) is 16.0 Å². The van der Waals surface area contributed by atoms with Crippen LogP contribution in [-0.2, 0) is 10.0 Å². The van der Waals surface area contributed by atoms with Gasteiger partial charge in [-0.25, -0.2) is 8.42 Å². The molecular weight excluding hydrogens is 340 g/mol. The maximum absolute atomic E-state index is 13.1. The van der Waals surface area contributed by atoms with Gasteiger partial charge in [0.25, 0.3) is 0 Å². The number of hydrogen-bond donors (Lipinski definition) is 1. The van der Waals surface area contributed by atoms with Crippen molar-refractivity contribution in [2.45, 2.75) is 30.7 Å². The standard InChI is InChI=1S/C15H21ClN2O4S/c1-2-5-18(11-3-4-17-10-11)23(19,20)15-9-14-13(8-12(15)16)21-6-7-22-14/h8-9,11,17H,2-7,10H2,1H3. The maximum atomic E-state index is 13.1. The van der Waals surface area contributed by atoms with Crippen LogP contribution < -0.4 is 14.8 Å². The fraction of sp³-hybridized carbons (Fsp3) is 0.600. The third-order valence-electron chi connectivity index (χ3n) is 4.07. The molecular formula is C15H21ClN2O4S. The minimum absolute atomic E-state index is 0.0378. The van der Waals surface area contributed by atoms with Gasteiger partial charge in [-0.15, -0.1) is 0 Å². The fourth-order valence-electron chi connectivity index (χ4n) is 2.97. The molecule has 8 heteroatoms. The molecule has 1 N–H and O–H groups in total. The van der Waals surface area contributed by atoms with E-state index in [2.05, 4.69) is 5.32 Å². The van der Waals surface area contributed by atoms with Gasteiger partial charge < -0.3 is 14.8 Å². The highest BCUT2D eigenvalue weighted by Crippen LogP contribution is 2.38. The predicted molar refractivity (Wildman–Crippen MR) is 87.9 cm³/mol. The van der Waals surface area contributed by atoms with E-state index in [4.69, 9.17) is 21.1 Å². The van der Waals surface area contributed by atoms with E-state index in [0.717, 1.165) is 19.4 Å². The van der Waals surface area contributed by atoms with E-state index in [1.165, 1.54) is 12.1 Å². The Bertz CT molecular complexity index is 674. The summed E-state index contributed by atoms with van der Waals surface area (Å²) in [6, 6.07) is 2.97. The van der Waals surface area contributed by atoms with Crippen molar-refractivity contribution in [1.29, 1.82) is 0 Å². The first-order valence-corrected chi connectivity index (χ1v) is 9.67. The van der Waals surface area contributed by atoms with Gasteiger partial charge in [0.15, 0.2) is 11.5 Å². The quantitative estimate of drug-likeness (QED) is 0.868. The minimum atomic E-state index is -3.68. The van der Waals surface area contributed by atoms with Gasteiger partial charge in [-0.05, 0) is 19.4 Å². The monoisotopic (exact) mass is 360 g/mol. The summed E-state index contributed by atoms with van der Waals surface area (Å²) in [5.41, 5.74) is 0. The molecule has 1 fully saturated rings. The van der Waals surface area contributed by atoms with Crippen molar-refractivity contribution in [3.63, 3.8) is 0 Å². The Morgan fingerprint density at radius 3 is 2.61 bits per heavy atom. The van der Waals surface area contributed by atoms with Crippen LogP contribution in [0.2, 0.25) is 5.02 Å². The molecule has 1 atom stereocenters.